The number of nitrogens with zero attached hydrogens (tertiary/aromatic N) is 1. The van der Waals surface area contributed by atoms with Crippen LogP contribution in [-0.2, 0) is 15.0 Å². The van der Waals surface area contributed by atoms with Crippen molar-refractivity contribution in [1.29, 1.82) is 0 Å². The lowest BCUT2D eigenvalue weighted by Crippen LogP contribution is -2.48. The van der Waals surface area contributed by atoms with Gasteiger partial charge in [-0.1, -0.05) is 11.8 Å². The number of ether oxygens (including phenoxy) is 2. The molecule has 1 aromatic heterocycles. The molecule has 0 spiro atoms. The number of hydrogen-bond acceptors (Lipinski definition) is 7. The first-order valence-electron chi connectivity index (χ1n) is 7.93. The molecule has 1 amide bonds. The van der Waals surface area contributed by atoms with Gasteiger partial charge in [0.25, 0.3) is 0 Å². The first-order chi connectivity index (χ1) is 11.3. The molecule has 2 aliphatic rings. The van der Waals surface area contributed by atoms with Crippen LogP contribution in [0.1, 0.15) is 32.1 Å². The molecule has 6 nitrogen and oxygen atoms in total. The van der Waals surface area contributed by atoms with Gasteiger partial charge in [0.15, 0.2) is 5.17 Å². The summed E-state index contributed by atoms with van der Waals surface area (Å²) >= 11 is 3.16. The second-order valence-corrected chi connectivity index (χ2v) is 8.97. The Hall–Kier alpha value is -1.25. The van der Waals surface area contributed by atoms with Gasteiger partial charge in [0, 0.05) is 40.6 Å². The van der Waals surface area contributed by atoms with E-state index < -0.39 is 11.7 Å². The van der Waals surface area contributed by atoms with E-state index in [1.54, 1.807) is 11.3 Å². The Morgan fingerprint density at radius 2 is 2.33 bits per heavy atom. The normalized spacial score (nSPS) is 27.1. The van der Waals surface area contributed by atoms with E-state index in [2.05, 4.69) is 5.32 Å². The van der Waals surface area contributed by atoms with Crippen molar-refractivity contribution in [2.24, 2.45) is 10.9 Å². The Balaban J connectivity index is 1.86. The molecule has 2 atom stereocenters. The summed E-state index contributed by atoms with van der Waals surface area (Å²) in [4.78, 5) is 18.1. The number of amidine groups is 1. The van der Waals surface area contributed by atoms with Gasteiger partial charge in [-0.3, -0.25) is 5.32 Å². The molecule has 3 N–H and O–H groups in total. The second kappa shape index (κ2) is 6.57. The fourth-order valence-electron chi connectivity index (χ4n) is 2.93. The number of nitrogen functional groups attached to an aromatic ring is 1. The van der Waals surface area contributed by atoms with E-state index in [1.807, 2.05) is 32.2 Å². The summed E-state index contributed by atoms with van der Waals surface area (Å²) in [6.07, 6.45) is 0.317. The van der Waals surface area contributed by atoms with Crippen LogP contribution in [0.4, 0.5) is 10.5 Å². The zero-order chi connectivity index (χ0) is 17.4. The van der Waals surface area contributed by atoms with Crippen molar-refractivity contribution in [3.63, 3.8) is 0 Å². The van der Waals surface area contributed by atoms with Crippen molar-refractivity contribution in [2.45, 2.75) is 38.3 Å². The largest absolute Gasteiger partial charge is 0.444 e. The third kappa shape index (κ3) is 3.70. The molecule has 0 aromatic carbocycles. The summed E-state index contributed by atoms with van der Waals surface area (Å²) in [6, 6.07) is 1.99. The van der Waals surface area contributed by atoms with Gasteiger partial charge >= 0.3 is 6.09 Å². The summed E-state index contributed by atoms with van der Waals surface area (Å²) < 4.78 is 11.0. The molecule has 3 rings (SSSR count). The highest BCUT2D eigenvalue weighted by atomic mass is 32.2. The van der Waals surface area contributed by atoms with Crippen LogP contribution in [0.5, 0.6) is 0 Å². The van der Waals surface area contributed by atoms with Gasteiger partial charge in [-0.2, -0.15) is 0 Å². The molecule has 3 heterocycles. The highest BCUT2D eigenvalue weighted by Crippen LogP contribution is 2.47. The number of aliphatic imine (C=N–C) groups is 1. The maximum absolute atomic E-state index is 12.1. The lowest BCUT2D eigenvalue weighted by Gasteiger charge is -2.43. The fourth-order valence-corrected chi connectivity index (χ4v) is 5.10. The van der Waals surface area contributed by atoms with Crippen molar-refractivity contribution in [1.82, 2.24) is 5.32 Å². The predicted molar refractivity (Wildman–Crippen MR) is 98.6 cm³/mol. The van der Waals surface area contributed by atoms with Crippen LogP contribution in [0.15, 0.2) is 16.4 Å². The Kier molecular flexibility index (Phi) is 4.81. The number of anilines is 1. The minimum atomic E-state index is -0.537. The SMILES string of the molecule is CC(C)(C)OC(=O)NC1=N[C@@]2(c3cc(N)cs3)CCOC[C@H]2CS1. The number of nitrogens with two attached hydrogens (primary N) is 1. The minimum absolute atomic E-state index is 0.276. The fraction of sp³-hybridized carbons (Fsp3) is 0.625. The van der Waals surface area contributed by atoms with Crippen molar-refractivity contribution in [3.05, 3.63) is 16.3 Å². The molecule has 0 radical (unpaired) electrons. The molecule has 1 aromatic rings. The number of rotatable bonds is 1. The molecule has 0 saturated carbocycles. The minimum Gasteiger partial charge on any atom is -0.444 e. The summed E-state index contributed by atoms with van der Waals surface area (Å²) in [5.41, 5.74) is 5.78. The van der Waals surface area contributed by atoms with Crippen LogP contribution in [0.2, 0.25) is 0 Å². The molecule has 8 heteroatoms. The zero-order valence-electron chi connectivity index (χ0n) is 14.1. The van der Waals surface area contributed by atoms with E-state index in [-0.39, 0.29) is 11.5 Å². The quantitative estimate of drug-likeness (QED) is 0.794. The van der Waals surface area contributed by atoms with Crippen molar-refractivity contribution < 1.29 is 14.3 Å². The third-order valence-electron chi connectivity index (χ3n) is 4.00. The van der Waals surface area contributed by atoms with E-state index in [0.717, 1.165) is 22.7 Å². The number of alkyl carbamates (subject to hydrolysis) is 1. The Morgan fingerprint density at radius 1 is 1.54 bits per heavy atom. The van der Waals surface area contributed by atoms with Gasteiger partial charge < -0.3 is 15.2 Å². The highest BCUT2D eigenvalue weighted by molar-refractivity contribution is 8.13. The van der Waals surface area contributed by atoms with Gasteiger partial charge in [-0.05, 0) is 26.8 Å². The number of carbonyl (C=O) groups is 1. The number of nitrogens with one attached hydrogen (secondary N) is 1. The molecule has 2 aliphatic heterocycles. The van der Waals surface area contributed by atoms with Gasteiger partial charge in [-0.25, -0.2) is 9.79 Å². The van der Waals surface area contributed by atoms with Crippen LogP contribution in [0.25, 0.3) is 0 Å². The molecule has 24 heavy (non-hydrogen) atoms. The van der Waals surface area contributed by atoms with Crippen LogP contribution >= 0.6 is 23.1 Å². The Morgan fingerprint density at radius 3 is 3.00 bits per heavy atom. The molecule has 132 valence electrons. The summed E-state index contributed by atoms with van der Waals surface area (Å²) in [6.45, 7) is 6.85. The zero-order valence-corrected chi connectivity index (χ0v) is 15.8. The predicted octanol–water partition coefficient (Wildman–Crippen LogP) is 3.19. The average Bonchev–Trinajstić information content (AvgIpc) is 2.92. The topological polar surface area (TPSA) is 85.9 Å². The average molecular weight is 370 g/mol. The monoisotopic (exact) mass is 369 g/mol. The van der Waals surface area contributed by atoms with Crippen molar-refractivity contribution >= 4 is 40.0 Å². The third-order valence-corrected chi connectivity index (χ3v) is 6.15. The number of fused-ring (bicyclic) bond motifs is 1. The molecule has 0 bridgehead atoms. The molecule has 0 aliphatic carbocycles. The van der Waals surface area contributed by atoms with Gasteiger partial charge in [0.05, 0.1) is 6.61 Å². The lowest BCUT2D eigenvalue weighted by molar-refractivity contribution is 0.0112. The first-order valence-corrected chi connectivity index (χ1v) is 9.80. The summed E-state index contributed by atoms with van der Waals surface area (Å²) in [5, 5.41) is 5.34. The van der Waals surface area contributed by atoms with E-state index >= 15 is 0 Å². The molecule has 0 unspecified atom stereocenters. The van der Waals surface area contributed by atoms with Crippen LogP contribution in [0.3, 0.4) is 0 Å². The maximum atomic E-state index is 12.1. The Labute approximate surface area is 150 Å². The second-order valence-electron chi connectivity index (χ2n) is 7.05. The molecule has 1 saturated heterocycles. The standard InChI is InChI=1S/C16H23N3O3S2/c1-15(2,3)22-14(20)18-13-19-16(12-6-11(17)9-23-12)4-5-21-7-10(16)8-24-13/h6,9-10H,4-5,7-8,17H2,1-3H3,(H,18,19,20)/t10-,16-/m0/s1. The number of carbonyl (C=O) groups excluding carboxylic acids is 1. The summed E-state index contributed by atoms with van der Waals surface area (Å²) in [7, 11) is 0. The highest BCUT2D eigenvalue weighted by Gasteiger charge is 2.46. The van der Waals surface area contributed by atoms with E-state index in [9.17, 15) is 4.79 Å². The van der Waals surface area contributed by atoms with Crippen LogP contribution < -0.4 is 11.1 Å². The molecular weight excluding hydrogens is 346 g/mol. The number of thioether (sulfide) groups is 1. The molecule has 1 fully saturated rings. The van der Waals surface area contributed by atoms with E-state index in [0.29, 0.717) is 18.4 Å². The summed E-state index contributed by atoms with van der Waals surface area (Å²) in [5.74, 6) is 1.12. The van der Waals surface area contributed by atoms with Gasteiger partial charge in [0.1, 0.15) is 11.1 Å². The van der Waals surface area contributed by atoms with Gasteiger partial charge in [0.2, 0.25) is 0 Å². The number of amides is 1. The number of thiophene rings is 1. The van der Waals surface area contributed by atoms with Crippen LogP contribution in [0, 0.1) is 5.92 Å². The Bertz CT molecular complexity index is 653. The van der Waals surface area contributed by atoms with Crippen molar-refractivity contribution in [3.8, 4) is 0 Å². The van der Waals surface area contributed by atoms with Gasteiger partial charge in [-0.15, -0.1) is 11.3 Å². The first kappa shape index (κ1) is 17.6. The van der Waals surface area contributed by atoms with Crippen molar-refractivity contribution in [2.75, 3.05) is 24.7 Å². The maximum Gasteiger partial charge on any atom is 0.413 e. The number of hydrogen-bond donors (Lipinski definition) is 2. The van der Waals surface area contributed by atoms with Crippen LogP contribution in [-0.4, -0.2) is 35.8 Å². The lowest BCUT2D eigenvalue weighted by atomic mass is 9.80. The van der Waals surface area contributed by atoms with E-state index in [1.165, 1.54) is 11.8 Å². The van der Waals surface area contributed by atoms with E-state index in [4.69, 9.17) is 20.2 Å². The molecular formula is C16H23N3O3S2. The smallest absolute Gasteiger partial charge is 0.413 e.